The van der Waals surface area contributed by atoms with Gasteiger partial charge in [0, 0.05) is 23.2 Å². The maximum absolute atomic E-state index is 5.52. The smallest absolute Gasteiger partial charge is 0.258 e. The molecule has 3 aromatic rings. The third-order valence-electron chi connectivity index (χ3n) is 5.80. The Kier molecular flexibility index (Phi) is 5.81. The number of nitrogens with one attached hydrogen (secondary N) is 1. The molecular weight excluding hydrogens is 358 g/mol. The maximum Gasteiger partial charge on any atom is 0.258 e. The summed E-state index contributed by atoms with van der Waals surface area (Å²) < 4.78 is 5.52. The van der Waals surface area contributed by atoms with Gasteiger partial charge in [0.2, 0.25) is 5.82 Å². The Hall–Kier alpha value is -2.46. The second-order valence-electron chi connectivity index (χ2n) is 9.00. The van der Waals surface area contributed by atoms with E-state index in [4.69, 9.17) is 4.52 Å². The Balaban J connectivity index is 1.42. The molecule has 1 aliphatic rings. The van der Waals surface area contributed by atoms with Gasteiger partial charge in [-0.3, -0.25) is 0 Å². The van der Waals surface area contributed by atoms with Crippen LogP contribution < -0.4 is 5.32 Å². The predicted octanol–water partition coefficient (Wildman–Crippen LogP) is 6.05. The monoisotopic (exact) mass is 389 g/mol. The number of aromatic nitrogens is 2. The lowest BCUT2D eigenvalue weighted by molar-refractivity contribution is 0.226. The van der Waals surface area contributed by atoms with Crippen molar-refractivity contribution in [3.05, 3.63) is 59.7 Å². The highest BCUT2D eigenvalue weighted by atomic mass is 16.5. The molecule has 0 radical (unpaired) electrons. The first-order valence-electron chi connectivity index (χ1n) is 10.8. The van der Waals surface area contributed by atoms with Crippen molar-refractivity contribution >= 4 is 0 Å². The fraction of sp³-hybridized carbons (Fsp3) is 0.440. The van der Waals surface area contributed by atoms with Gasteiger partial charge in [-0.25, -0.2) is 0 Å². The number of benzene rings is 2. The highest BCUT2D eigenvalue weighted by Crippen LogP contribution is 2.29. The van der Waals surface area contributed by atoms with Crippen molar-refractivity contribution in [2.45, 2.75) is 59.0 Å². The van der Waals surface area contributed by atoms with E-state index in [0.29, 0.717) is 29.7 Å². The van der Waals surface area contributed by atoms with E-state index in [1.54, 1.807) is 0 Å². The minimum Gasteiger partial charge on any atom is -0.334 e. The average Bonchev–Trinajstić information content (AvgIpc) is 3.17. The lowest BCUT2D eigenvalue weighted by Gasteiger charge is -2.35. The minimum atomic E-state index is 0.353. The molecule has 4 nitrogen and oxygen atoms in total. The fourth-order valence-corrected chi connectivity index (χ4v) is 4.12. The van der Waals surface area contributed by atoms with Crippen molar-refractivity contribution in [2.75, 3.05) is 0 Å². The van der Waals surface area contributed by atoms with E-state index in [2.05, 4.69) is 91.7 Å². The summed E-state index contributed by atoms with van der Waals surface area (Å²) in [6.07, 6.45) is 3.65. The van der Waals surface area contributed by atoms with Crippen LogP contribution in [0.1, 0.15) is 57.7 Å². The maximum atomic E-state index is 5.52. The van der Waals surface area contributed by atoms with Crippen molar-refractivity contribution in [2.24, 2.45) is 11.8 Å². The molecule has 29 heavy (non-hydrogen) atoms. The molecule has 0 aliphatic heterocycles. The van der Waals surface area contributed by atoms with Crippen LogP contribution in [0.25, 0.3) is 22.8 Å². The zero-order valence-electron chi connectivity index (χ0n) is 17.9. The fourth-order valence-electron chi connectivity index (χ4n) is 4.12. The van der Waals surface area contributed by atoms with Crippen molar-refractivity contribution in [1.29, 1.82) is 0 Å². The van der Waals surface area contributed by atoms with Crippen LogP contribution in [-0.4, -0.2) is 16.2 Å². The molecule has 1 N–H and O–H groups in total. The summed E-state index contributed by atoms with van der Waals surface area (Å²) in [6.45, 7) is 9.01. The average molecular weight is 390 g/mol. The molecule has 4 rings (SSSR count). The molecule has 4 heteroatoms. The third-order valence-corrected chi connectivity index (χ3v) is 5.80. The topological polar surface area (TPSA) is 51.0 Å². The van der Waals surface area contributed by atoms with Crippen molar-refractivity contribution in [3.8, 4) is 22.8 Å². The standard InChI is InChI=1S/C25H31N3O/c1-16(2)13-19-5-7-22(8-6-19)25-27-24(28-29-25)21-11-9-20(10-12-21)18(4)26-23-14-17(3)15-23/h5-12,16-18,23,26H,13-15H2,1-4H3/t17-,18-,23-/m1/s1. The van der Waals surface area contributed by atoms with E-state index in [0.717, 1.165) is 23.5 Å². The quantitative estimate of drug-likeness (QED) is 0.534. The Morgan fingerprint density at radius 2 is 1.62 bits per heavy atom. The lowest BCUT2D eigenvalue weighted by atomic mass is 9.81. The van der Waals surface area contributed by atoms with Gasteiger partial charge in [0.15, 0.2) is 0 Å². The van der Waals surface area contributed by atoms with E-state index in [1.165, 1.54) is 24.0 Å². The first-order valence-corrected chi connectivity index (χ1v) is 10.8. The molecule has 1 fully saturated rings. The molecule has 0 bridgehead atoms. The molecular formula is C25H31N3O. The number of hydrogen-bond acceptors (Lipinski definition) is 4. The normalized spacial score (nSPS) is 19.9. The van der Waals surface area contributed by atoms with Gasteiger partial charge in [0.25, 0.3) is 5.89 Å². The summed E-state index contributed by atoms with van der Waals surface area (Å²) >= 11 is 0. The van der Waals surface area contributed by atoms with E-state index in [-0.39, 0.29) is 0 Å². The van der Waals surface area contributed by atoms with E-state index < -0.39 is 0 Å². The largest absolute Gasteiger partial charge is 0.334 e. The zero-order chi connectivity index (χ0) is 20.4. The van der Waals surface area contributed by atoms with Gasteiger partial charge in [-0.05, 0) is 61.3 Å². The lowest BCUT2D eigenvalue weighted by Crippen LogP contribution is -2.41. The molecule has 0 spiro atoms. The van der Waals surface area contributed by atoms with Crippen LogP contribution in [0.3, 0.4) is 0 Å². The van der Waals surface area contributed by atoms with E-state index in [9.17, 15) is 0 Å². The SMILES string of the molecule is CC(C)Cc1ccc(-c2nc(-c3ccc([C@@H](C)N[C@H]4C[C@H](C)C4)cc3)no2)cc1. The Labute approximate surface area is 173 Å². The molecule has 0 saturated heterocycles. The van der Waals surface area contributed by atoms with Crippen LogP contribution >= 0.6 is 0 Å². The van der Waals surface area contributed by atoms with Gasteiger partial charge in [0.05, 0.1) is 0 Å². The first kappa shape index (κ1) is 19.8. The summed E-state index contributed by atoms with van der Waals surface area (Å²) in [6, 6.07) is 17.9. The molecule has 152 valence electrons. The third kappa shape index (κ3) is 4.76. The molecule has 1 atom stereocenters. The number of rotatable bonds is 7. The summed E-state index contributed by atoms with van der Waals surface area (Å²) in [7, 11) is 0. The van der Waals surface area contributed by atoms with Gasteiger partial charge in [0.1, 0.15) is 0 Å². The second-order valence-corrected chi connectivity index (χ2v) is 9.00. The van der Waals surface area contributed by atoms with Gasteiger partial charge in [-0.2, -0.15) is 4.98 Å². The van der Waals surface area contributed by atoms with Gasteiger partial charge in [-0.1, -0.05) is 62.3 Å². The summed E-state index contributed by atoms with van der Waals surface area (Å²) in [5, 5.41) is 7.90. The molecule has 1 saturated carbocycles. The molecule has 1 aliphatic carbocycles. The Morgan fingerprint density at radius 3 is 2.24 bits per heavy atom. The molecule has 2 aromatic carbocycles. The summed E-state index contributed by atoms with van der Waals surface area (Å²) in [4.78, 5) is 4.60. The molecule has 1 aromatic heterocycles. The van der Waals surface area contributed by atoms with Gasteiger partial charge in [-0.15, -0.1) is 0 Å². The van der Waals surface area contributed by atoms with Crippen LogP contribution in [0.4, 0.5) is 0 Å². The molecule has 0 amide bonds. The minimum absolute atomic E-state index is 0.353. The van der Waals surface area contributed by atoms with Crippen LogP contribution in [0.5, 0.6) is 0 Å². The number of hydrogen-bond donors (Lipinski definition) is 1. The highest BCUT2D eigenvalue weighted by molar-refractivity contribution is 5.60. The van der Waals surface area contributed by atoms with Crippen LogP contribution in [0, 0.1) is 11.8 Å². The van der Waals surface area contributed by atoms with Crippen LogP contribution in [-0.2, 0) is 6.42 Å². The van der Waals surface area contributed by atoms with E-state index >= 15 is 0 Å². The molecule has 0 unspecified atom stereocenters. The zero-order valence-corrected chi connectivity index (χ0v) is 17.9. The summed E-state index contributed by atoms with van der Waals surface area (Å²) in [5.74, 6) is 2.70. The Bertz CT molecular complexity index is 921. The first-order chi connectivity index (χ1) is 14.0. The van der Waals surface area contributed by atoms with Gasteiger partial charge < -0.3 is 9.84 Å². The van der Waals surface area contributed by atoms with Crippen molar-refractivity contribution < 1.29 is 4.52 Å². The Morgan fingerprint density at radius 1 is 0.966 bits per heavy atom. The highest BCUT2D eigenvalue weighted by Gasteiger charge is 2.26. The van der Waals surface area contributed by atoms with Crippen LogP contribution in [0.2, 0.25) is 0 Å². The van der Waals surface area contributed by atoms with Crippen molar-refractivity contribution in [1.82, 2.24) is 15.5 Å². The molecule has 1 heterocycles. The van der Waals surface area contributed by atoms with E-state index in [1.807, 2.05) is 0 Å². The number of nitrogens with zero attached hydrogens (tertiary/aromatic N) is 2. The van der Waals surface area contributed by atoms with Gasteiger partial charge >= 0.3 is 0 Å². The second kappa shape index (κ2) is 8.50. The van der Waals surface area contributed by atoms with Crippen molar-refractivity contribution in [3.63, 3.8) is 0 Å². The van der Waals surface area contributed by atoms with Crippen LogP contribution in [0.15, 0.2) is 53.1 Å². The summed E-state index contributed by atoms with van der Waals surface area (Å²) in [5.41, 5.74) is 4.56. The predicted molar refractivity (Wildman–Crippen MR) is 117 cm³/mol.